The van der Waals surface area contributed by atoms with Gasteiger partial charge in [-0.05, 0) is 19.2 Å². The number of anilines is 1. The molecule has 1 aromatic carbocycles. The van der Waals surface area contributed by atoms with Crippen LogP contribution in [0.1, 0.15) is 10.4 Å². The number of sulfone groups is 1. The Balaban J connectivity index is 1.79. The highest BCUT2D eigenvalue weighted by Gasteiger charge is 2.27. The Labute approximate surface area is 137 Å². The van der Waals surface area contributed by atoms with Crippen LogP contribution in [-0.2, 0) is 9.84 Å². The van der Waals surface area contributed by atoms with E-state index in [4.69, 9.17) is 0 Å². The summed E-state index contributed by atoms with van der Waals surface area (Å²) >= 11 is 0. The fourth-order valence-electron chi connectivity index (χ4n) is 3.06. The Kier molecular flexibility index (Phi) is 4.59. The number of hydrogen-bond donors (Lipinski definition) is 0. The van der Waals surface area contributed by atoms with Crippen LogP contribution in [0, 0.1) is 0 Å². The van der Waals surface area contributed by atoms with Crippen molar-refractivity contribution >= 4 is 21.4 Å². The lowest BCUT2D eigenvalue weighted by atomic mass is 10.1. The smallest absolute Gasteiger partial charge is 0.256 e. The first-order valence-electron chi connectivity index (χ1n) is 7.98. The summed E-state index contributed by atoms with van der Waals surface area (Å²) in [6.07, 6.45) is 0. The third-order valence-corrected chi connectivity index (χ3v) is 6.22. The fourth-order valence-corrected chi connectivity index (χ4v) is 4.26. The summed E-state index contributed by atoms with van der Waals surface area (Å²) in [6.45, 7) is 4.15. The third kappa shape index (κ3) is 3.67. The molecule has 3 rings (SSSR count). The largest absolute Gasteiger partial charge is 0.369 e. The summed E-state index contributed by atoms with van der Waals surface area (Å²) in [5.74, 6) is 0.357. The Morgan fingerprint density at radius 1 is 0.957 bits per heavy atom. The number of likely N-dealkylation sites (N-methyl/N-ethyl adjacent to an activating group) is 1. The number of amides is 1. The molecule has 126 valence electrons. The van der Waals surface area contributed by atoms with Crippen molar-refractivity contribution in [3.8, 4) is 0 Å². The van der Waals surface area contributed by atoms with Crippen LogP contribution in [0.2, 0.25) is 0 Å². The second-order valence-corrected chi connectivity index (χ2v) is 8.56. The molecule has 1 aromatic rings. The van der Waals surface area contributed by atoms with E-state index in [1.54, 1.807) is 0 Å². The van der Waals surface area contributed by atoms with Gasteiger partial charge in [0.1, 0.15) is 0 Å². The fraction of sp³-hybridized carbons (Fsp3) is 0.562. The number of rotatable bonds is 2. The molecule has 0 saturated carbocycles. The van der Waals surface area contributed by atoms with E-state index in [2.05, 4.69) is 11.9 Å². The van der Waals surface area contributed by atoms with Gasteiger partial charge in [-0.25, -0.2) is 8.42 Å². The molecule has 1 amide bonds. The van der Waals surface area contributed by atoms with Gasteiger partial charge in [-0.2, -0.15) is 0 Å². The quantitative estimate of drug-likeness (QED) is 0.777. The Morgan fingerprint density at radius 2 is 1.57 bits per heavy atom. The molecule has 2 aliphatic rings. The van der Waals surface area contributed by atoms with Crippen LogP contribution in [0.15, 0.2) is 24.3 Å². The highest BCUT2D eigenvalue weighted by molar-refractivity contribution is 7.91. The molecule has 0 radical (unpaired) electrons. The van der Waals surface area contributed by atoms with Gasteiger partial charge in [0.25, 0.3) is 5.91 Å². The molecule has 0 bridgehead atoms. The molecule has 0 aliphatic carbocycles. The van der Waals surface area contributed by atoms with Crippen molar-refractivity contribution in [1.29, 1.82) is 0 Å². The van der Waals surface area contributed by atoms with Crippen LogP contribution < -0.4 is 4.90 Å². The Hall–Kier alpha value is -1.60. The number of carbonyl (C=O) groups is 1. The summed E-state index contributed by atoms with van der Waals surface area (Å²) in [6, 6.07) is 7.53. The van der Waals surface area contributed by atoms with E-state index in [0.29, 0.717) is 18.7 Å². The van der Waals surface area contributed by atoms with Crippen molar-refractivity contribution in [2.24, 2.45) is 0 Å². The van der Waals surface area contributed by atoms with Crippen LogP contribution >= 0.6 is 0 Å². The summed E-state index contributed by atoms with van der Waals surface area (Å²) in [5, 5.41) is 0. The molecule has 2 aliphatic heterocycles. The average molecular weight is 337 g/mol. The van der Waals surface area contributed by atoms with E-state index >= 15 is 0 Å². The molecular formula is C16H23N3O3S. The minimum atomic E-state index is -2.93. The van der Waals surface area contributed by atoms with Crippen molar-refractivity contribution < 1.29 is 13.2 Å². The van der Waals surface area contributed by atoms with E-state index in [-0.39, 0.29) is 17.4 Å². The first-order chi connectivity index (χ1) is 11.0. The van der Waals surface area contributed by atoms with Crippen LogP contribution in [0.4, 0.5) is 5.69 Å². The predicted octanol–water partition coefficient (Wildman–Crippen LogP) is 0.309. The van der Waals surface area contributed by atoms with E-state index in [1.807, 2.05) is 34.1 Å². The molecule has 6 nitrogen and oxygen atoms in total. The number of nitrogens with zero attached hydrogens (tertiary/aromatic N) is 3. The van der Waals surface area contributed by atoms with Gasteiger partial charge in [-0.3, -0.25) is 4.79 Å². The maximum Gasteiger partial charge on any atom is 0.256 e. The van der Waals surface area contributed by atoms with Gasteiger partial charge in [-0.15, -0.1) is 0 Å². The molecule has 2 saturated heterocycles. The van der Waals surface area contributed by atoms with Gasteiger partial charge in [0, 0.05) is 45.0 Å². The van der Waals surface area contributed by atoms with Gasteiger partial charge >= 0.3 is 0 Å². The normalized spacial score (nSPS) is 22.1. The number of benzene rings is 1. The average Bonchev–Trinajstić information content (AvgIpc) is 2.55. The van der Waals surface area contributed by atoms with Gasteiger partial charge < -0.3 is 14.7 Å². The van der Waals surface area contributed by atoms with Crippen molar-refractivity contribution in [2.45, 2.75) is 0 Å². The van der Waals surface area contributed by atoms with Gasteiger partial charge in [-0.1, -0.05) is 12.1 Å². The number of carbonyl (C=O) groups excluding carboxylic acids is 1. The summed E-state index contributed by atoms with van der Waals surface area (Å²) in [4.78, 5) is 19.0. The molecule has 23 heavy (non-hydrogen) atoms. The highest BCUT2D eigenvalue weighted by Crippen LogP contribution is 2.24. The Bertz CT molecular complexity index is 668. The van der Waals surface area contributed by atoms with E-state index in [9.17, 15) is 13.2 Å². The zero-order chi connectivity index (χ0) is 16.4. The number of para-hydroxylation sites is 1. The number of hydrogen-bond acceptors (Lipinski definition) is 5. The monoisotopic (exact) mass is 337 g/mol. The van der Waals surface area contributed by atoms with E-state index in [1.165, 1.54) is 0 Å². The van der Waals surface area contributed by atoms with Crippen LogP contribution in [0.5, 0.6) is 0 Å². The van der Waals surface area contributed by atoms with Crippen molar-refractivity contribution in [2.75, 3.05) is 62.7 Å². The minimum absolute atomic E-state index is 0.0436. The second kappa shape index (κ2) is 6.49. The third-order valence-electron chi connectivity index (χ3n) is 4.61. The lowest BCUT2D eigenvalue weighted by Gasteiger charge is -2.34. The SMILES string of the molecule is CN1CCN(C(=O)c2ccccc2N2CCS(=O)(=O)CC2)CC1. The van der Waals surface area contributed by atoms with E-state index in [0.717, 1.165) is 31.9 Å². The van der Waals surface area contributed by atoms with Crippen molar-refractivity contribution in [3.63, 3.8) is 0 Å². The van der Waals surface area contributed by atoms with Crippen LogP contribution in [0.25, 0.3) is 0 Å². The highest BCUT2D eigenvalue weighted by atomic mass is 32.2. The first-order valence-corrected chi connectivity index (χ1v) is 9.81. The minimum Gasteiger partial charge on any atom is -0.369 e. The van der Waals surface area contributed by atoms with E-state index < -0.39 is 9.84 Å². The van der Waals surface area contributed by atoms with Crippen molar-refractivity contribution in [3.05, 3.63) is 29.8 Å². The molecule has 2 heterocycles. The maximum atomic E-state index is 12.9. The lowest BCUT2D eigenvalue weighted by Crippen LogP contribution is -2.47. The molecule has 7 heteroatoms. The number of piperazine rings is 1. The predicted molar refractivity (Wildman–Crippen MR) is 90.7 cm³/mol. The maximum absolute atomic E-state index is 12.9. The molecule has 0 atom stereocenters. The van der Waals surface area contributed by atoms with Crippen LogP contribution in [-0.4, -0.2) is 81.9 Å². The first kappa shape index (κ1) is 16.3. The zero-order valence-electron chi connectivity index (χ0n) is 13.4. The van der Waals surface area contributed by atoms with Gasteiger partial charge in [0.05, 0.1) is 17.1 Å². The Morgan fingerprint density at radius 3 is 2.22 bits per heavy atom. The van der Waals surface area contributed by atoms with Crippen molar-refractivity contribution in [1.82, 2.24) is 9.80 Å². The topological polar surface area (TPSA) is 60.9 Å². The van der Waals surface area contributed by atoms with Gasteiger partial charge in [0.15, 0.2) is 9.84 Å². The van der Waals surface area contributed by atoms with Crippen LogP contribution in [0.3, 0.4) is 0 Å². The molecular weight excluding hydrogens is 314 g/mol. The zero-order valence-corrected chi connectivity index (χ0v) is 14.3. The summed E-state index contributed by atoms with van der Waals surface area (Å²) in [5.41, 5.74) is 1.53. The molecule has 0 aromatic heterocycles. The standard InChI is InChI=1S/C16H23N3O3S/c1-17-6-8-19(9-7-17)16(20)14-4-2-3-5-15(14)18-10-12-23(21,22)13-11-18/h2-5H,6-13H2,1H3. The van der Waals surface area contributed by atoms with Gasteiger partial charge in [0.2, 0.25) is 0 Å². The summed E-state index contributed by atoms with van der Waals surface area (Å²) in [7, 11) is -0.866. The molecule has 0 N–H and O–H groups in total. The molecule has 2 fully saturated rings. The summed E-state index contributed by atoms with van der Waals surface area (Å²) < 4.78 is 23.2. The molecule has 0 unspecified atom stereocenters. The lowest BCUT2D eigenvalue weighted by molar-refractivity contribution is 0.0664. The second-order valence-electron chi connectivity index (χ2n) is 6.25. The molecule has 0 spiro atoms.